The van der Waals surface area contributed by atoms with Gasteiger partial charge in [0, 0.05) is 13.1 Å². The van der Waals surface area contributed by atoms with Crippen LogP contribution in [0.25, 0.3) is 0 Å². The second kappa shape index (κ2) is 5.18. The lowest BCUT2D eigenvalue weighted by Gasteiger charge is -2.31. The lowest BCUT2D eigenvalue weighted by atomic mass is 10.00. The number of halogens is 2. The van der Waals surface area contributed by atoms with E-state index in [1.165, 1.54) is 0 Å². The molecule has 1 aliphatic rings. The molecular formula is C8H16F2N2O2S. The summed E-state index contributed by atoms with van der Waals surface area (Å²) in [6.07, 6.45) is 1.54. The van der Waals surface area contributed by atoms with Crippen LogP contribution in [0.5, 0.6) is 0 Å². The molecule has 1 rings (SSSR count). The van der Waals surface area contributed by atoms with Crippen LogP contribution < -0.4 is 5.32 Å². The molecule has 90 valence electrons. The predicted molar refractivity (Wildman–Crippen MR) is 53.1 cm³/mol. The van der Waals surface area contributed by atoms with Crippen molar-refractivity contribution >= 4 is 10.0 Å². The highest BCUT2D eigenvalue weighted by Gasteiger charge is 2.35. The van der Waals surface area contributed by atoms with Gasteiger partial charge in [0.15, 0.2) is 0 Å². The Morgan fingerprint density at radius 3 is 2.73 bits per heavy atom. The van der Waals surface area contributed by atoms with Crippen LogP contribution in [0.15, 0.2) is 0 Å². The van der Waals surface area contributed by atoms with Crippen LogP contribution in [0.4, 0.5) is 8.78 Å². The van der Waals surface area contributed by atoms with Crippen LogP contribution in [-0.2, 0) is 10.0 Å². The molecule has 0 radical (unpaired) electrons. The zero-order chi connectivity index (χ0) is 11.5. The summed E-state index contributed by atoms with van der Waals surface area (Å²) in [4.78, 5) is 0. The minimum Gasteiger partial charge on any atom is -0.319 e. The van der Waals surface area contributed by atoms with Gasteiger partial charge in [0.2, 0.25) is 0 Å². The highest BCUT2D eigenvalue weighted by Crippen LogP contribution is 2.21. The fourth-order valence-electron chi connectivity index (χ4n) is 1.83. The number of hydrogen-bond donors (Lipinski definition) is 1. The van der Waals surface area contributed by atoms with Crippen molar-refractivity contribution in [2.24, 2.45) is 5.92 Å². The van der Waals surface area contributed by atoms with E-state index in [2.05, 4.69) is 5.32 Å². The maximum absolute atomic E-state index is 12.3. The zero-order valence-electron chi connectivity index (χ0n) is 8.62. The van der Waals surface area contributed by atoms with Gasteiger partial charge in [-0.1, -0.05) is 0 Å². The van der Waals surface area contributed by atoms with Crippen molar-refractivity contribution in [3.05, 3.63) is 0 Å². The molecule has 4 nitrogen and oxygen atoms in total. The monoisotopic (exact) mass is 242 g/mol. The van der Waals surface area contributed by atoms with Crippen molar-refractivity contribution in [2.75, 3.05) is 26.7 Å². The number of rotatable bonds is 4. The first kappa shape index (κ1) is 12.8. The fraction of sp³-hybridized carbons (Fsp3) is 1.00. The Morgan fingerprint density at radius 1 is 1.53 bits per heavy atom. The maximum Gasteiger partial charge on any atom is 0.350 e. The van der Waals surface area contributed by atoms with E-state index in [-0.39, 0.29) is 19.0 Å². The van der Waals surface area contributed by atoms with Crippen molar-refractivity contribution in [3.8, 4) is 0 Å². The van der Waals surface area contributed by atoms with Gasteiger partial charge in [0.25, 0.3) is 10.0 Å². The minimum atomic E-state index is -4.38. The van der Waals surface area contributed by atoms with Gasteiger partial charge in [-0.25, -0.2) is 8.42 Å². The summed E-state index contributed by atoms with van der Waals surface area (Å²) >= 11 is 0. The third kappa shape index (κ3) is 3.09. The van der Waals surface area contributed by atoms with E-state index in [1.54, 1.807) is 7.05 Å². The molecule has 1 aliphatic heterocycles. The van der Waals surface area contributed by atoms with Crippen molar-refractivity contribution in [1.29, 1.82) is 0 Å². The largest absolute Gasteiger partial charge is 0.350 e. The molecule has 0 aromatic carbocycles. The second-order valence-electron chi connectivity index (χ2n) is 3.73. The quantitative estimate of drug-likeness (QED) is 0.779. The summed E-state index contributed by atoms with van der Waals surface area (Å²) in [6.45, 7) is 1.08. The van der Waals surface area contributed by atoms with E-state index in [0.717, 1.165) is 10.7 Å². The van der Waals surface area contributed by atoms with Gasteiger partial charge < -0.3 is 5.32 Å². The molecule has 0 aromatic rings. The predicted octanol–water partition coefficient (Wildman–Crippen LogP) is 0.470. The van der Waals surface area contributed by atoms with Crippen LogP contribution >= 0.6 is 0 Å². The number of nitrogens with zero attached hydrogens (tertiary/aromatic N) is 1. The van der Waals surface area contributed by atoms with Crippen LogP contribution in [0.3, 0.4) is 0 Å². The molecule has 0 aromatic heterocycles. The van der Waals surface area contributed by atoms with Crippen LogP contribution in [0.1, 0.15) is 12.8 Å². The molecule has 7 heteroatoms. The van der Waals surface area contributed by atoms with E-state index in [4.69, 9.17) is 0 Å². The Labute approximate surface area is 88.7 Å². The Kier molecular flexibility index (Phi) is 4.42. The average molecular weight is 242 g/mol. The molecule has 0 bridgehead atoms. The first-order valence-corrected chi connectivity index (χ1v) is 6.40. The summed E-state index contributed by atoms with van der Waals surface area (Å²) < 4.78 is 47.8. The number of alkyl halides is 2. The van der Waals surface area contributed by atoms with E-state index in [1.807, 2.05) is 0 Å². The normalized spacial score (nSPS) is 24.7. The first-order valence-electron chi connectivity index (χ1n) is 4.90. The van der Waals surface area contributed by atoms with E-state index in [0.29, 0.717) is 13.0 Å². The van der Waals surface area contributed by atoms with Crippen molar-refractivity contribution in [2.45, 2.75) is 18.6 Å². The third-order valence-electron chi connectivity index (χ3n) is 2.56. The zero-order valence-corrected chi connectivity index (χ0v) is 9.43. The van der Waals surface area contributed by atoms with E-state index in [9.17, 15) is 17.2 Å². The fourth-order valence-corrected chi connectivity index (χ4v) is 2.85. The van der Waals surface area contributed by atoms with Crippen LogP contribution in [-0.4, -0.2) is 45.2 Å². The molecular weight excluding hydrogens is 226 g/mol. The molecule has 1 heterocycles. The molecule has 0 saturated carbocycles. The third-order valence-corrected chi connectivity index (χ3v) is 4.06. The number of nitrogens with one attached hydrogen (secondary N) is 1. The summed E-state index contributed by atoms with van der Waals surface area (Å²) in [7, 11) is -2.61. The molecule has 0 spiro atoms. The van der Waals surface area contributed by atoms with Gasteiger partial charge in [-0.05, 0) is 32.4 Å². The molecule has 1 saturated heterocycles. The van der Waals surface area contributed by atoms with Crippen LogP contribution in [0, 0.1) is 5.92 Å². The number of sulfonamides is 1. The van der Waals surface area contributed by atoms with E-state index >= 15 is 0 Å². The van der Waals surface area contributed by atoms with Crippen molar-refractivity contribution in [1.82, 2.24) is 9.62 Å². The molecule has 1 unspecified atom stereocenters. The van der Waals surface area contributed by atoms with Crippen LogP contribution in [0.2, 0.25) is 0 Å². The molecule has 1 atom stereocenters. The average Bonchev–Trinajstić information content (AvgIpc) is 2.18. The van der Waals surface area contributed by atoms with Gasteiger partial charge in [-0.2, -0.15) is 13.1 Å². The Balaban J connectivity index is 2.64. The standard InChI is InChI=1S/C8H16F2N2O2S/c1-11-5-7-3-2-4-12(6-7)15(13,14)8(9)10/h7-8,11H,2-6H2,1H3. The van der Waals surface area contributed by atoms with Crippen molar-refractivity contribution in [3.63, 3.8) is 0 Å². The van der Waals surface area contributed by atoms with Gasteiger partial charge in [-0.15, -0.1) is 0 Å². The Bertz CT molecular complexity index is 293. The Hall–Kier alpha value is -0.270. The van der Waals surface area contributed by atoms with Gasteiger partial charge in [-0.3, -0.25) is 0 Å². The highest BCUT2D eigenvalue weighted by molar-refractivity contribution is 7.89. The van der Waals surface area contributed by atoms with Gasteiger partial charge in [0.1, 0.15) is 0 Å². The molecule has 1 fully saturated rings. The number of piperidine rings is 1. The summed E-state index contributed by atoms with van der Waals surface area (Å²) in [5, 5.41) is 2.93. The highest BCUT2D eigenvalue weighted by atomic mass is 32.2. The molecule has 15 heavy (non-hydrogen) atoms. The molecule has 0 aliphatic carbocycles. The first-order chi connectivity index (χ1) is 6.98. The second-order valence-corrected chi connectivity index (χ2v) is 5.63. The summed E-state index contributed by atoms with van der Waals surface area (Å²) in [5.41, 5.74) is 0. The van der Waals surface area contributed by atoms with E-state index < -0.39 is 15.8 Å². The lowest BCUT2D eigenvalue weighted by molar-refractivity contribution is 0.200. The smallest absolute Gasteiger partial charge is 0.319 e. The lowest BCUT2D eigenvalue weighted by Crippen LogP contribution is -2.44. The number of hydrogen-bond acceptors (Lipinski definition) is 3. The van der Waals surface area contributed by atoms with Crippen molar-refractivity contribution < 1.29 is 17.2 Å². The molecule has 1 N–H and O–H groups in total. The topological polar surface area (TPSA) is 49.4 Å². The maximum atomic E-state index is 12.3. The summed E-state index contributed by atoms with van der Waals surface area (Å²) in [6, 6.07) is 0. The minimum absolute atomic E-state index is 0.136. The van der Waals surface area contributed by atoms with Gasteiger partial charge in [0.05, 0.1) is 0 Å². The van der Waals surface area contributed by atoms with Gasteiger partial charge >= 0.3 is 5.76 Å². The SMILES string of the molecule is CNCC1CCCN(S(=O)(=O)C(F)F)C1. The molecule has 0 amide bonds. The Morgan fingerprint density at radius 2 is 2.20 bits per heavy atom. The summed E-state index contributed by atoms with van der Waals surface area (Å²) in [5.74, 6) is -3.16.